The summed E-state index contributed by atoms with van der Waals surface area (Å²) < 4.78 is 11.5. The molecule has 0 aromatic heterocycles. The summed E-state index contributed by atoms with van der Waals surface area (Å²) in [4.78, 5) is 0. The molecule has 1 heterocycles. The van der Waals surface area contributed by atoms with Crippen LogP contribution in [0.3, 0.4) is 0 Å². The van der Waals surface area contributed by atoms with Crippen LogP contribution in [0.4, 0.5) is 0 Å². The van der Waals surface area contributed by atoms with Gasteiger partial charge in [0.25, 0.3) is 0 Å². The van der Waals surface area contributed by atoms with Crippen molar-refractivity contribution in [3.05, 3.63) is 29.8 Å². The first-order valence-corrected chi connectivity index (χ1v) is 9.51. The summed E-state index contributed by atoms with van der Waals surface area (Å²) in [6.45, 7) is 0. The second-order valence-electron chi connectivity index (χ2n) is 5.66. The van der Waals surface area contributed by atoms with E-state index in [0.29, 0.717) is 16.1 Å². The molecule has 2 nitrogen and oxygen atoms in total. The van der Waals surface area contributed by atoms with Gasteiger partial charge in [-0.1, -0.05) is 53.0 Å². The van der Waals surface area contributed by atoms with Crippen LogP contribution in [-0.2, 0) is 4.74 Å². The predicted octanol–water partition coefficient (Wildman–Crippen LogP) is 4.85. The Balaban J connectivity index is 1.82. The van der Waals surface area contributed by atoms with Gasteiger partial charge in [0.15, 0.2) is 0 Å². The van der Waals surface area contributed by atoms with Crippen molar-refractivity contribution < 1.29 is 9.47 Å². The van der Waals surface area contributed by atoms with Crippen LogP contribution >= 0.6 is 21.6 Å². The third kappa shape index (κ3) is 2.58. The molecule has 2 aliphatic rings. The molecule has 2 atom stereocenters. The fourth-order valence-corrected chi connectivity index (χ4v) is 7.61. The van der Waals surface area contributed by atoms with Crippen LogP contribution in [0, 0.1) is 0 Å². The molecule has 4 heteroatoms. The van der Waals surface area contributed by atoms with E-state index in [-0.39, 0.29) is 0 Å². The molecule has 1 aliphatic carbocycles. The van der Waals surface area contributed by atoms with Gasteiger partial charge >= 0.3 is 0 Å². The molecule has 0 bridgehead atoms. The first-order valence-electron chi connectivity index (χ1n) is 7.30. The smallest absolute Gasteiger partial charge is 0.118 e. The summed E-state index contributed by atoms with van der Waals surface area (Å²) >= 11 is 0. The average Bonchev–Trinajstić information content (AvgIpc) is 2.86. The largest absolute Gasteiger partial charge is 0.497 e. The molecule has 1 saturated carbocycles. The molecule has 1 aromatic rings. The summed E-state index contributed by atoms with van der Waals surface area (Å²) in [5.41, 5.74) is 1.36. The highest BCUT2D eigenvalue weighted by Gasteiger charge is 2.51. The molecule has 3 rings (SSSR count). The fourth-order valence-electron chi connectivity index (χ4n) is 3.40. The van der Waals surface area contributed by atoms with Crippen LogP contribution in [0.5, 0.6) is 5.75 Å². The highest BCUT2D eigenvalue weighted by Crippen LogP contribution is 2.63. The maximum atomic E-state index is 5.96. The van der Waals surface area contributed by atoms with Crippen LogP contribution < -0.4 is 4.74 Å². The fraction of sp³-hybridized carbons (Fsp3) is 0.625. The lowest BCUT2D eigenvalue weighted by molar-refractivity contribution is 0.0552. The second kappa shape index (κ2) is 6.20. The zero-order valence-corrected chi connectivity index (χ0v) is 13.8. The van der Waals surface area contributed by atoms with E-state index in [1.807, 2.05) is 17.9 Å². The lowest BCUT2D eigenvalue weighted by Gasteiger charge is -2.37. The van der Waals surface area contributed by atoms with Gasteiger partial charge in [0.05, 0.1) is 23.2 Å². The summed E-state index contributed by atoms with van der Waals surface area (Å²) in [5.74, 6) is 0.922. The molecule has 0 amide bonds. The van der Waals surface area contributed by atoms with Gasteiger partial charge in [-0.05, 0) is 30.5 Å². The third-order valence-corrected chi connectivity index (χ3v) is 8.21. The molecular weight excluding hydrogens is 288 g/mol. The monoisotopic (exact) mass is 310 g/mol. The van der Waals surface area contributed by atoms with E-state index in [0.717, 1.165) is 5.75 Å². The van der Waals surface area contributed by atoms with E-state index in [9.17, 15) is 0 Å². The number of hydrogen-bond donors (Lipinski definition) is 0. The molecule has 2 unspecified atom stereocenters. The van der Waals surface area contributed by atoms with Gasteiger partial charge in [0, 0.05) is 7.11 Å². The highest BCUT2D eigenvalue weighted by atomic mass is 33.1. The molecule has 1 spiro atoms. The third-order valence-electron chi connectivity index (χ3n) is 4.51. The number of benzene rings is 1. The van der Waals surface area contributed by atoms with E-state index >= 15 is 0 Å². The molecular formula is C16H22O2S2. The lowest BCUT2D eigenvalue weighted by atomic mass is 9.81. The molecule has 20 heavy (non-hydrogen) atoms. The van der Waals surface area contributed by atoms with Crippen molar-refractivity contribution in [1.29, 1.82) is 0 Å². The second-order valence-corrected chi connectivity index (χ2v) is 8.41. The van der Waals surface area contributed by atoms with Gasteiger partial charge in [0.1, 0.15) is 5.75 Å². The van der Waals surface area contributed by atoms with E-state index in [2.05, 4.69) is 35.1 Å². The van der Waals surface area contributed by atoms with Gasteiger partial charge in [-0.15, -0.1) is 0 Å². The van der Waals surface area contributed by atoms with Gasteiger partial charge in [-0.3, -0.25) is 0 Å². The normalized spacial score (nSPS) is 28.7. The van der Waals surface area contributed by atoms with Gasteiger partial charge in [-0.2, -0.15) is 0 Å². The molecule has 2 fully saturated rings. The quantitative estimate of drug-likeness (QED) is 0.743. The summed E-state index contributed by atoms with van der Waals surface area (Å²) in [6.07, 6.45) is 7.01. The van der Waals surface area contributed by atoms with Crippen molar-refractivity contribution in [2.24, 2.45) is 0 Å². The van der Waals surface area contributed by atoms with Crippen LogP contribution in [0.15, 0.2) is 24.3 Å². The highest BCUT2D eigenvalue weighted by molar-refractivity contribution is 8.77. The van der Waals surface area contributed by atoms with Crippen molar-refractivity contribution >= 4 is 21.6 Å². The maximum absolute atomic E-state index is 5.96. The van der Waals surface area contributed by atoms with Crippen LogP contribution in [0.2, 0.25) is 0 Å². The molecule has 110 valence electrons. The summed E-state index contributed by atoms with van der Waals surface area (Å²) in [5, 5.41) is 0.439. The first kappa shape index (κ1) is 14.6. The van der Waals surface area contributed by atoms with Crippen molar-refractivity contribution in [1.82, 2.24) is 0 Å². The average molecular weight is 310 g/mol. The van der Waals surface area contributed by atoms with Crippen LogP contribution in [-0.4, -0.2) is 25.1 Å². The Morgan fingerprint density at radius 2 is 1.75 bits per heavy atom. The van der Waals surface area contributed by atoms with Crippen molar-refractivity contribution in [2.75, 3.05) is 14.2 Å². The van der Waals surface area contributed by atoms with E-state index in [1.165, 1.54) is 37.7 Å². The van der Waals surface area contributed by atoms with Gasteiger partial charge < -0.3 is 9.47 Å². The predicted molar refractivity (Wildman–Crippen MR) is 87.5 cm³/mol. The Kier molecular flexibility index (Phi) is 4.53. The Hall–Kier alpha value is -0.320. The minimum absolute atomic E-state index is 0.325. The van der Waals surface area contributed by atoms with E-state index in [4.69, 9.17) is 9.47 Å². The number of rotatable bonds is 3. The maximum Gasteiger partial charge on any atom is 0.118 e. The van der Waals surface area contributed by atoms with Crippen molar-refractivity contribution in [2.45, 2.75) is 48.2 Å². The minimum atomic E-state index is 0.325. The zero-order valence-electron chi connectivity index (χ0n) is 12.1. The van der Waals surface area contributed by atoms with E-state index in [1.54, 1.807) is 7.11 Å². The Labute approximate surface area is 129 Å². The topological polar surface area (TPSA) is 18.5 Å². The lowest BCUT2D eigenvalue weighted by Crippen LogP contribution is -2.40. The zero-order chi connectivity index (χ0) is 14.0. The van der Waals surface area contributed by atoms with Gasteiger partial charge in [-0.25, -0.2) is 0 Å². The standard InChI is InChI=1S/C16H22O2S2/c1-17-13-8-6-12(7-9-13)14-15(18-2)16(20-19-14)10-4-3-5-11-16/h6-9,14-15H,3-5,10-11H2,1-2H3. The first-order chi connectivity index (χ1) is 9.79. The number of ether oxygens (including phenoxy) is 2. The molecule has 1 aromatic carbocycles. The Morgan fingerprint density at radius 3 is 2.35 bits per heavy atom. The molecule has 1 aliphatic heterocycles. The summed E-state index contributed by atoms with van der Waals surface area (Å²) in [7, 11) is 7.66. The van der Waals surface area contributed by atoms with Crippen molar-refractivity contribution in [3.8, 4) is 5.75 Å². The SMILES string of the molecule is COc1ccc(C2SSC3(CCCCC3)C2OC)cc1. The van der Waals surface area contributed by atoms with Crippen LogP contribution in [0.1, 0.15) is 42.9 Å². The van der Waals surface area contributed by atoms with E-state index < -0.39 is 0 Å². The number of methoxy groups -OCH3 is 2. The van der Waals surface area contributed by atoms with Gasteiger partial charge in [0.2, 0.25) is 0 Å². The minimum Gasteiger partial charge on any atom is -0.497 e. The van der Waals surface area contributed by atoms with Crippen molar-refractivity contribution in [3.63, 3.8) is 0 Å². The molecule has 0 radical (unpaired) electrons. The Bertz CT molecular complexity index is 440. The van der Waals surface area contributed by atoms with Crippen LogP contribution in [0.25, 0.3) is 0 Å². The molecule has 0 N–H and O–H groups in total. The summed E-state index contributed by atoms with van der Waals surface area (Å²) in [6, 6.07) is 8.48. The molecule has 1 saturated heterocycles. The Morgan fingerprint density at radius 1 is 1.05 bits per heavy atom. The number of hydrogen-bond acceptors (Lipinski definition) is 4.